The van der Waals surface area contributed by atoms with Crippen molar-refractivity contribution >= 4 is 80.2 Å². The molecule has 6 N–H and O–H groups in total. The summed E-state index contributed by atoms with van der Waals surface area (Å²) in [5, 5.41) is 8.16. The van der Waals surface area contributed by atoms with Crippen molar-refractivity contribution in [1.29, 1.82) is 0 Å². The highest BCUT2D eigenvalue weighted by atomic mass is 32.2. The summed E-state index contributed by atoms with van der Waals surface area (Å²) in [6.45, 7) is 8.71. The summed E-state index contributed by atoms with van der Waals surface area (Å²) in [7, 11) is 0. The number of nitrogens with zero attached hydrogens (tertiary/aromatic N) is 6. The van der Waals surface area contributed by atoms with Crippen LogP contribution in [-0.2, 0) is 6.42 Å². The van der Waals surface area contributed by atoms with E-state index in [1.54, 1.807) is 29.9 Å². The highest BCUT2D eigenvalue weighted by Gasteiger charge is 2.18. The molecule has 322 valence electrons. The molecule has 8 rings (SSSR count). The number of anilines is 4. The largest absolute Gasteiger partial charge is 0.399 e. The van der Waals surface area contributed by atoms with Crippen LogP contribution in [0.3, 0.4) is 0 Å². The van der Waals surface area contributed by atoms with Crippen molar-refractivity contribution < 1.29 is 9.59 Å². The molecular weight excluding hydrogens is 837 g/mol. The summed E-state index contributed by atoms with van der Waals surface area (Å²) in [6.07, 6.45) is 4.19. The molecule has 0 fully saturated rings. The van der Waals surface area contributed by atoms with Crippen LogP contribution >= 0.6 is 23.5 Å². The fraction of sp³-hybridized carbons (Fsp3) is 0.200. The van der Waals surface area contributed by atoms with Crippen LogP contribution in [0.25, 0.3) is 22.1 Å². The minimum atomic E-state index is -0.226. The monoisotopic (exact) mass is 884 g/mol. The fourth-order valence-electron chi connectivity index (χ4n) is 7.03. The molecule has 0 spiro atoms. The number of ketones is 1. The molecule has 0 aliphatic carbocycles. The molecule has 0 unspecified atom stereocenters. The van der Waals surface area contributed by atoms with Crippen molar-refractivity contribution in [3.63, 3.8) is 0 Å². The lowest BCUT2D eigenvalue weighted by Gasteiger charge is -2.15. The Morgan fingerprint density at radius 3 is 1.86 bits per heavy atom. The van der Waals surface area contributed by atoms with Crippen LogP contribution in [-0.4, -0.2) is 48.1 Å². The van der Waals surface area contributed by atoms with Crippen LogP contribution in [0.4, 0.5) is 22.9 Å². The number of aromatic nitrogens is 6. The second-order valence-corrected chi connectivity index (χ2v) is 18.3. The molecule has 1 amide bonds. The number of carbonyl (C=O) groups is 2. The van der Waals surface area contributed by atoms with Crippen LogP contribution in [0.2, 0.25) is 0 Å². The number of amides is 1. The van der Waals surface area contributed by atoms with Gasteiger partial charge in [-0.05, 0) is 127 Å². The molecule has 0 saturated carbocycles. The van der Waals surface area contributed by atoms with Gasteiger partial charge in [-0.2, -0.15) is 0 Å². The predicted molar refractivity (Wildman–Crippen MR) is 258 cm³/mol. The van der Waals surface area contributed by atoms with Gasteiger partial charge in [0, 0.05) is 78.2 Å². The van der Waals surface area contributed by atoms with Crippen molar-refractivity contribution in [3.8, 4) is 0 Å². The van der Waals surface area contributed by atoms with E-state index < -0.39 is 0 Å². The van der Waals surface area contributed by atoms with Gasteiger partial charge in [0.15, 0.2) is 17.1 Å². The van der Waals surface area contributed by atoms with Gasteiger partial charge in [0.05, 0.1) is 16.8 Å². The number of nitrogens with two attached hydrogens (primary N) is 2. The standard InChI is InChI=1S/C50H48N10O2S2/c1-29(2)40-19-17-38-42(54-27-55-47(38)58-40)26-33-24-32(8-21-45(33)63-36-13-9-34(51)10-14-36)50(62)53-23-5-6-44(61)31-7-22-46(64-37-15-11-35(52)12-16-37)43(25-31)60-49-39-18-20-41(30(3)4)59-48(39)56-28-57-49/h7-22,24-25,27-30H,5-6,23,26,51-52H2,1-4H3,(H,53,62)(H,56,57,59,60). The SMILES string of the molecule is CC(C)c1ccc2c(Cc3cc(C(=O)NCCCC(=O)c4ccc(Sc5ccc(N)cc5)c(Nc5ncnc6nc(C(C)C)ccc56)c4)ccc3Sc3ccc(N)cc3)ncnc2n1. The highest BCUT2D eigenvalue weighted by Crippen LogP contribution is 2.38. The Kier molecular flexibility index (Phi) is 13.4. The van der Waals surface area contributed by atoms with E-state index in [0.29, 0.717) is 64.7 Å². The van der Waals surface area contributed by atoms with Crippen molar-refractivity contribution in [3.05, 3.63) is 156 Å². The molecule has 4 aromatic carbocycles. The van der Waals surface area contributed by atoms with Gasteiger partial charge in [-0.25, -0.2) is 29.9 Å². The predicted octanol–water partition coefficient (Wildman–Crippen LogP) is 10.8. The second-order valence-electron chi connectivity index (χ2n) is 16.0. The zero-order chi connectivity index (χ0) is 44.7. The lowest BCUT2D eigenvalue weighted by Crippen LogP contribution is -2.25. The number of hydrogen-bond donors (Lipinski definition) is 4. The van der Waals surface area contributed by atoms with E-state index in [0.717, 1.165) is 53.0 Å². The molecule has 0 aliphatic rings. The average Bonchev–Trinajstić information content (AvgIpc) is 3.30. The Morgan fingerprint density at radius 2 is 1.20 bits per heavy atom. The minimum absolute atomic E-state index is 0.0458. The molecule has 0 bridgehead atoms. The van der Waals surface area contributed by atoms with Crippen molar-refractivity contribution in [2.24, 2.45) is 0 Å². The number of nitrogens with one attached hydrogen (secondary N) is 2. The van der Waals surface area contributed by atoms with Crippen LogP contribution in [0.15, 0.2) is 141 Å². The number of benzene rings is 4. The van der Waals surface area contributed by atoms with Gasteiger partial charge in [0.1, 0.15) is 18.5 Å². The van der Waals surface area contributed by atoms with Crippen molar-refractivity contribution in [2.75, 3.05) is 23.3 Å². The van der Waals surface area contributed by atoms with Gasteiger partial charge in [-0.3, -0.25) is 9.59 Å². The van der Waals surface area contributed by atoms with Crippen molar-refractivity contribution in [1.82, 2.24) is 35.2 Å². The number of hydrogen-bond acceptors (Lipinski definition) is 13. The Morgan fingerprint density at radius 1 is 0.625 bits per heavy atom. The van der Waals surface area contributed by atoms with E-state index in [1.807, 2.05) is 109 Å². The lowest BCUT2D eigenvalue weighted by atomic mass is 10.0. The Balaban J connectivity index is 0.976. The van der Waals surface area contributed by atoms with E-state index in [-0.39, 0.29) is 29.9 Å². The van der Waals surface area contributed by atoms with E-state index in [2.05, 4.69) is 58.3 Å². The molecule has 12 nitrogen and oxygen atoms in total. The number of Topliss-reactive ketones (excluding diaryl/α,β-unsaturated/α-hetero) is 1. The third-order valence-electron chi connectivity index (χ3n) is 10.6. The molecule has 0 saturated heterocycles. The summed E-state index contributed by atoms with van der Waals surface area (Å²) >= 11 is 3.15. The van der Waals surface area contributed by atoms with Gasteiger partial charge < -0.3 is 22.1 Å². The Bertz CT molecular complexity index is 2780. The van der Waals surface area contributed by atoms with Crippen LogP contribution in [0, 0.1) is 0 Å². The maximum absolute atomic E-state index is 13.7. The van der Waals surface area contributed by atoms with Gasteiger partial charge in [0.25, 0.3) is 5.91 Å². The smallest absolute Gasteiger partial charge is 0.251 e. The number of fused-ring (bicyclic) bond motifs is 2. The topological polar surface area (TPSA) is 188 Å². The first-order valence-electron chi connectivity index (χ1n) is 21.1. The summed E-state index contributed by atoms with van der Waals surface area (Å²) < 4.78 is 0. The first-order chi connectivity index (χ1) is 31.0. The highest BCUT2D eigenvalue weighted by molar-refractivity contribution is 7.99. The summed E-state index contributed by atoms with van der Waals surface area (Å²) in [6, 6.07) is 34.7. The average molecular weight is 885 g/mol. The summed E-state index contributed by atoms with van der Waals surface area (Å²) in [4.78, 5) is 58.9. The van der Waals surface area contributed by atoms with E-state index in [1.165, 1.54) is 6.33 Å². The maximum Gasteiger partial charge on any atom is 0.251 e. The molecule has 64 heavy (non-hydrogen) atoms. The fourth-order valence-corrected chi connectivity index (χ4v) is 8.84. The normalized spacial score (nSPS) is 11.4. The zero-order valence-electron chi connectivity index (χ0n) is 36.0. The molecular formula is C50H48N10O2S2. The van der Waals surface area contributed by atoms with Crippen molar-refractivity contribution in [2.45, 2.75) is 78.4 Å². The molecule has 0 radical (unpaired) electrons. The number of nitrogen functional groups attached to an aromatic ring is 2. The third kappa shape index (κ3) is 10.5. The maximum atomic E-state index is 13.7. The molecule has 14 heteroatoms. The van der Waals surface area contributed by atoms with Crippen LogP contribution in [0.5, 0.6) is 0 Å². The first kappa shape index (κ1) is 43.7. The second kappa shape index (κ2) is 19.7. The molecule has 4 heterocycles. The quantitative estimate of drug-likeness (QED) is 0.0408. The third-order valence-corrected chi connectivity index (χ3v) is 12.8. The molecule has 4 aromatic heterocycles. The number of pyridine rings is 2. The Labute approximate surface area is 380 Å². The van der Waals surface area contributed by atoms with E-state index >= 15 is 0 Å². The van der Waals surface area contributed by atoms with Gasteiger partial charge in [0.2, 0.25) is 0 Å². The minimum Gasteiger partial charge on any atom is -0.399 e. The van der Waals surface area contributed by atoms with Gasteiger partial charge in [-0.1, -0.05) is 57.3 Å². The number of carbonyl (C=O) groups excluding carboxylic acids is 2. The van der Waals surface area contributed by atoms with E-state index in [9.17, 15) is 9.59 Å². The van der Waals surface area contributed by atoms with Crippen LogP contribution in [0.1, 0.15) is 95.7 Å². The van der Waals surface area contributed by atoms with Crippen LogP contribution < -0.4 is 22.1 Å². The first-order valence-corrected chi connectivity index (χ1v) is 22.7. The summed E-state index contributed by atoms with van der Waals surface area (Å²) in [5.74, 6) is 0.827. The van der Waals surface area contributed by atoms with E-state index in [4.69, 9.17) is 21.4 Å². The Hall–Kier alpha value is -6.90. The molecule has 0 atom stereocenters. The zero-order valence-corrected chi connectivity index (χ0v) is 37.6. The lowest BCUT2D eigenvalue weighted by molar-refractivity contribution is 0.0938. The molecule has 8 aromatic rings. The van der Waals surface area contributed by atoms with Gasteiger partial charge in [-0.15, -0.1) is 0 Å². The van der Waals surface area contributed by atoms with Gasteiger partial charge >= 0.3 is 0 Å². The molecule has 0 aliphatic heterocycles. The number of rotatable bonds is 16. The summed E-state index contributed by atoms with van der Waals surface area (Å²) in [5.41, 5.74) is 20.0.